The summed E-state index contributed by atoms with van der Waals surface area (Å²) < 4.78 is 5.04. The second kappa shape index (κ2) is 28.0. The van der Waals surface area contributed by atoms with E-state index in [0.29, 0.717) is 43.8 Å². The highest BCUT2D eigenvalue weighted by Crippen LogP contribution is 2.36. The topological polar surface area (TPSA) is 195 Å². The lowest BCUT2D eigenvalue weighted by atomic mass is 10.0. The maximum Gasteiger partial charge on any atom is 0.255 e. The number of hydrogen-bond donors (Lipinski definition) is 1. The molecule has 0 spiro atoms. The Morgan fingerprint density at radius 3 is 1.25 bits per heavy atom. The van der Waals surface area contributed by atoms with Gasteiger partial charge in [-0.05, 0) is 193 Å². The van der Waals surface area contributed by atoms with Crippen LogP contribution in [-0.2, 0) is 6.54 Å². The van der Waals surface area contributed by atoms with Crippen molar-refractivity contribution in [1.29, 1.82) is 15.8 Å². The normalized spacial score (nSPS) is 12.1. The highest BCUT2D eigenvalue weighted by Gasteiger charge is 2.21. The average molecular weight is 1340 g/mol. The number of hydrogen-bond acceptors (Lipinski definition) is 12. The summed E-state index contributed by atoms with van der Waals surface area (Å²) in [6, 6.07) is 76.8. The largest absolute Gasteiger partial charge is 0.368 e. The molecule has 16 rings (SSSR count). The summed E-state index contributed by atoms with van der Waals surface area (Å²) >= 11 is 12.1. The summed E-state index contributed by atoms with van der Waals surface area (Å²) in [5, 5.41) is 38.6. The Bertz CT molecular complexity index is 6060. The molecule has 0 saturated carbocycles. The molecule has 15 nitrogen and oxygen atoms in total. The minimum atomic E-state index is -0.165. The first-order chi connectivity index (χ1) is 48.7. The van der Waals surface area contributed by atoms with Gasteiger partial charge in [-0.25, -0.2) is 0 Å². The summed E-state index contributed by atoms with van der Waals surface area (Å²) in [5.41, 5.74) is 17.1. The average Bonchev–Trinajstić information content (AvgIpc) is 0.754. The first kappa shape index (κ1) is 64.9. The van der Waals surface area contributed by atoms with Crippen molar-refractivity contribution in [1.82, 2.24) is 38.9 Å². The number of nitriles is 3. The number of nitrogens with zero attached hydrogens (tertiary/aromatic N) is 11. The third-order valence-electron chi connectivity index (χ3n) is 17.9. The van der Waals surface area contributed by atoms with E-state index >= 15 is 0 Å². The van der Waals surface area contributed by atoms with Gasteiger partial charge in [0.15, 0.2) is 0 Å². The zero-order chi connectivity index (χ0) is 69.1. The zero-order valence-corrected chi connectivity index (χ0v) is 56.0. The highest BCUT2D eigenvalue weighted by molar-refractivity contribution is 6.31. The standard InChI is InChI=1S/C30H24ClN5O.C28H22N4O.C25H14ClN3O/c1-19-14-28(35-12-10-33-11-13-35)23(17-32)16-27(19)36-29(37)9-5-22-18-34-26-8-4-21(15-25(26)30(22)36)20-2-6-24(31)7-3-20;1-31(2)18-19-6-8-21(9-7-19)22-10-12-26-25(15-22)28-23(17-30-26)11-13-27(33)32(28)24-5-3-4-20(14-24)16-29;26-20-8-4-17(5-9-20)18-6-10-23-22(13-18)25-19(15-28-23)7-11-24(30)29(25)21-3-1-2-16(12-21)14-27/h2-9,14-16,18,33H,10-13H2,1H3;3-15,17H,18H2,1-2H3;1-13,15H. The van der Waals surface area contributed by atoms with Crippen LogP contribution < -0.4 is 26.9 Å². The molecule has 0 aliphatic carbocycles. The van der Waals surface area contributed by atoms with Gasteiger partial charge in [-0.15, -0.1) is 0 Å². The van der Waals surface area contributed by atoms with Crippen molar-refractivity contribution < 1.29 is 0 Å². The monoisotopic (exact) mass is 1340 g/mol. The molecule has 484 valence electrons. The first-order valence-electron chi connectivity index (χ1n) is 32.3. The Labute approximate surface area is 584 Å². The molecule has 17 heteroatoms. The fraction of sp³-hybridized carbons (Fsp3) is 0.0964. The van der Waals surface area contributed by atoms with Gasteiger partial charge in [0, 0.05) is 112 Å². The van der Waals surface area contributed by atoms with E-state index in [1.54, 1.807) is 93.0 Å². The third-order valence-corrected chi connectivity index (χ3v) is 18.4. The van der Waals surface area contributed by atoms with Gasteiger partial charge in [0.1, 0.15) is 6.07 Å². The third kappa shape index (κ3) is 13.1. The molecule has 7 heterocycles. The lowest BCUT2D eigenvalue weighted by Crippen LogP contribution is -2.43. The van der Waals surface area contributed by atoms with E-state index in [4.69, 9.17) is 23.2 Å². The lowest BCUT2D eigenvalue weighted by molar-refractivity contribution is 0.402. The number of aryl methyl sites for hydroxylation is 1. The molecule has 9 aromatic carbocycles. The molecular formula is C83H60Cl2N12O3. The highest BCUT2D eigenvalue weighted by atomic mass is 35.5. The van der Waals surface area contributed by atoms with Crippen LogP contribution in [0.3, 0.4) is 0 Å². The summed E-state index contributed by atoms with van der Waals surface area (Å²) in [6.45, 7) is 6.32. The van der Waals surface area contributed by atoms with Crippen LogP contribution in [0.1, 0.15) is 27.8 Å². The molecule has 6 aromatic heterocycles. The van der Waals surface area contributed by atoms with Crippen LogP contribution in [0.4, 0.5) is 5.69 Å². The molecule has 1 saturated heterocycles. The molecule has 1 aliphatic heterocycles. The van der Waals surface area contributed by atoms with E-state index < -0.39 is 0 Å². The van der Waals surface area contributed by atoms with E-state index in [1.807, 2.05) is 122 Å². The Balaban J connectivity index is 0.000000128. The van der Waals surface area contributed by atoms with Crippen molar-refractivity contribution in [2.75, 3.05) is 45.2 Å². The minimum Gasteiger partial charge on any atom is -0.368 e. The van der Waals surface area contributed by atoms with Gasteiger partial charge in [-0.1, -0.05) is 102 Å². The molecule has 0 unspecified atom stereocenters. The number of rotatable bonds is 9. The van der Waals surface area contributed by atoms with E-state index in [0.717, 1.165) is 143 Å². The summed E-state index contributed by atoms with van der Waals surface area (Å²) in [4.78, 5) is 57.6. The quantitative estimate of drug-likeness (QED) is 0.135. The molecule has 0 amide bonds. The Kier molecular flexibility index (Phi) is 18.2. The second-order valence-corrected chi connectivity index (χ2v) is 25.6. The first-order valence-corrected chi connectivity index (χ1v) is 33.1. The second-order valence-electron chi connectivity index (χ2n) is 24.7. The zero-order valence-electron chi connectivity index (χ0n) is 54.5. The minimum absolute atomic E-state index is 0.150. The molecule has 1 aliphatic rings. The SMILES string of the molecule is CN(C)Cc1ccc(-c2ccc3ncc4ccc(=O)n(-c5cccc(C#N)c5)c4c3c2)cc1.Cc1cc(N2CCNCC2)c(C#N)cc1-n1c(=O)ccc2cnc3ccc(-c4ccc(Cl)cc4)cc3c21.N#Cc1cccc(-n2c(=O)ccc3cnc4ccc(-c5ccc(Cl)cc5)cc4c32)c1. The van der Waals surface area contributed by atoms with Gasteiger partial charge in [-0.3, -0.25) is 43.0 Å². The summed E-state index contributed by atoms with van der Waals surface area (Å²) in [5.74, 6) is 0. The van der Waals surface area contributed by atoms with Gasteiger partial charge in [-0.2, -0.15) is 15.8 Å². The predicted molar refractivity (Wildman–Crippen MR) is 402 cm³/mol. The van der Waals surface area contributed by atoms with Crippen LogP contribution in [0.2, 0.25) is 10.0 Å². The van der Waals surface area contributed by atoms with Crippen molar-refractivity contribution in [2.45, 2.75) is 13.5 Å². The fourth-order valence-electron chi connectivity index (χ4n) is 13.1. The number of nitrogens with one attached hydrogen (secondary N) is 1. The number of aromatic nitrogens is 6. The maximum atomic E-state index is 13.4. The van der Waals surface area contributed by atoms with Crippen molar-refractivity contribution in [2.24, 2.45) is 0 Å². The van der Waals surface area contributed by atoms with Crippen LogP contribution in [0.5, 0.6) is 0 Å². The van der Waals surface area contributed by atoms with E-state index in [2.05, 4.69) is 105 Å². The van der Waals surface area contributed by atoms with Crippen molar-refractivity contribution in [3.05, 3.63) is 312 Å². The molecule has 0 bridgehead atoms. The van der Waals surface area contributed by atoms with Crippen LogP contribution >= 0.6 is 23.2 Å². The van der Waals surface area contributed by atoms with Crippen LogP contribution in [0.25, 0.3) is 116 Å². The van der Waals surface area contributed by atoms with Gasteiger partial charge in [0.05, 0.1) is 84.7 Å². The van der Waals surface area contributed by atoms with E-state index in [9.17, 15) is 30.2 Å². The molecule has 0 atom stereocenters. The van der Waals surface area contributed by atoms with Crippen molar-refractivity contribution in [3.63, 3.8) is 0 Å². The number of piperazine rings is 1. The van der Waals surface area contributed by atoms with Gasteiger partial charge in [0.25, 0.3) is 16.7 Å². The van der Waals surface area contributed by atoms with Gasteiger partial charge in [0.2, 0.25) is 0 Å². The van der Waals surface area contributed by atoms with Crippen LogP contribution in [0, 0.1) is 40.9 Å². The van der Waals surface area contributed by atoms with Crippen LogP contribution in [-0.4, -0.2) is 73.8 Å². The number of halogens is 2. The molecule has 100 heavy (non-hydrogen) atoms. The molecule has 15 aromatic rings. The van der Waals surface area contributed by atoms with Crippen LogP contribution in [0.15, 0.2) is 257 Å². The Hall–Kier alpha value is -12.4. The molecule has 0 radical (unpaired) electrons. The van der Waals surface area contributed by atoms with Gasteiger partial charge >= 0.3 is 0 Å². The molecular weight excluding hydrogens is 1280 g/mol. The number of benzene rings is 9. The number of anilines is 1. The Morgan fingerprint density at radius 1 is 0.440 bits per heavy atom. The maximum absolute atomic E-state index is 13.4. The lowest BCUT2D eigenvalue weighted by Gasteiger charge is -2.31. The molecule has 1 N–H and O–H groups in total. The van der Waals surface area contributed by atoms with Crippen molar-refractivity contribution in [3.8, 4) is 68.7 Å². The summed E-state index contributed by atoms with van der Waals surface area (Å²) in [6.07, 6.45) is 5.35. The van der Waals surface area contributed by atoms with E-state index in [-0.39, 0.29) is 16.7 Å². The van der Waals surface area contributed by atoms with Crippen molar-refractivity contribution >= 4 is 94.3 Å². The number of fused-ring (bicyclic) bond motifs is 9. The predicted octanol–water partition coefficient (Wildman–Crippen LogP) is 16.3. The number of pyridine rings is 6. The summed E-state index contributed by atoms with van der Waals surface area (Å²) in [7, 11) is 4.11. The van der Waals surface area contributed by atoms with Gasteiger partial charge < -0.3 is 15.1 Å². The fourth-order valence-corrected chi connectivity index (χ4v) is 13.3. The van der Waals surface area contributed by atoms with E-state index in [1.165, 1.54) is 11.6 Å². The smallest absolute Gasteiger partial charge is 0.255 e. The Morgan fingerprint density at radius 2 is 0.840 bits per heavy atom. The molecule has 1 fully saturated rings.